The molecule has 0 saturated carbocycles. The lowest BCUT2D eigenvalue weighted by Gasteiger charge is -2.07. The Labute approximate surface area is 109 Å². The average Bonchev–Trinajstić information content (AvgIpc) is 2.27. The summed E-state index contributed by atoms with van der Waals surface area (Å²) in [6, 6.07) is 4.99. The third-order valence-electron chi connectivity index (χ3n) is 2.52. The number of benzene rings is 1. The van der Waals surface area contributed by atoms with E-state index in [1.165, 1.54) is 6.20 Å². The van der Waals surface area contributed by atoms with E-state index in [1.807, 2.05) is 13.0 Å². The average molecular weight is 290 g/mol. The quantitative estimate of drug-likeness (QED) is 0.629. The number of pyridine rings is 1. The Morgan fingerprint density at radius 1 is 1.29 bits per heavy atom. The Kier molecular flexibility index (Phi) is 3.30. The van der Waals surface area contributed by atoms with E-state index in [0.29, 0.717) is 17.2 Å². The van der Waals surface area contributed by atoms with Crippen molar-refractivity contribution >= 4 is 42.1 Å². The van der Waals surface area contributed by atoms with Crippen molar-refractivity contribution in [3.63, 3.8) is 0 Å². The summed E-state index contributed by atoms with van der Waals surface area (Å²) in [7, 11) is 1.63. The fourth-order valence-electron chi connectivity index (χ4n) is 1.68. The molecule has 0 spiro atoms. The van der Waals surface area contributed by atoms with Crippen molar-refractivity contribution in [1.82, 2.24) is 4.98 Å². The van der Waals surface area contributed by atoms with Crippen LogP contribution in [0.4, 0.5) is 0 Å². The second-order valence-electron chi connectivity index (χ2n) is 3.58. The summed E-state index contributed by atoms with van der Waals surface area (Å²) in [5.74, 6) is 0. The molecule has 0 aliphatic rings. The fraction of sp³-hybridized carbons (Fsp3) is 0.182. The highest BCUT2D eigenvalue weighted by atomic mass is 35.7. The van der Waals surface area contributed by atoms with Crippen LogP contribution in [0, 0.1) is 0 Å². The van der Waals surface area contributed by atoms with Crippen molar-refractivity contribution in [1.29, 1.82) is 0 Å². The van der Waals surface area contributed by atoms with Crippen LogP contribution in [-0.2, 0) is 15.5 Å². The number of halogens is 2. The van der Waals surface area contributed by atoms with Crippen LogP contribution < -0.4 is 0 Å². The van der Waals surface area contributed by atoms with Gasteiger partial charge in [0.1, 0.15) is 5.15 Å². The van der Waals surface area contributed by atoms with Gasteiger partial charge in [0.05, 0.1) is 4.90 Å². The maximum absolute atomic E-state index is 11.5. The molecule has 0 atom stereocenters. The van der Waals surface area contributed by atoms with E-state index in [2.05, 4.69) is 4.98 Å². The van der Waals surface area contributed by atoms with Gasteiger partial charge in [-0.2, -0.15) is 0 Å². The first kappa shape index (κ1) is 12.6. The Morgan fingerprint density at radius 3 is 2.59 bits per heavy atom. The number of hydrogen-bond acceptors (Lipinski definition) is 3. The normalized spacial score (nSPS) is 11.9. The lowest BCUT2D eigenvalue weighted by molar-refractivity contribution is 0.610. The zero-order valence-electron chi connectivity index (χ0n) is 8.94. The summed E-state index contributed by atoms with van der Waals surface area (Å²) in [4.78, 5) is 4.01. The number of aromatic nitrogens is 1. The van der Waals surface area contributed by atoms with Gasteiger partial charge in [-0.1, -0.05) is 18.5 Å². The Hall–Kier alpha value is -0.840. The summed E-state index contributed by atoms with van der Waals surface area (Å²) >= 11 is 5.96. The molecule has 0 amide bonds. The molecule has 0 saturated heterocycles. The molecule has 1 aromatic carbocycles. The van der Waals surface area contributed by atoms with Crippen LogP contribution in [0.2, 0.25) is 5.15 Å². The van der Waals surface area contributed by atoms with E-state index in [9.17, 15) is 8.42 Å². The molecular weight excluding hydrogens is 281 g/mol. The Morgan fingerprint density at radius 2 is 2.00 bits per heavy atom. The SMILES string of the molecule is CCc1cc(S(=O)(=O)Cl)c2ccnc(Cl)c2c1. The number of aryl methyl sites for hydroxylation is 1. The number of nitrogens with zero attached hydrogens (tertiary/aromatic N) is 1. The van der Waals surface area contributed by atoms with Gasteiger partial charge >= 0.3 is 0 Å². The second-order valence-corrected chi connectivity index (χ2v) is 6.47. The van der Waals surface area contributed by atoms with Crippen LogP contribution in [-0.4, -0.2) is 13.4 Å². The lowest BCUT2D eigenvalue weighted by atomic mass is 10.1. The van der Waals surface area contributed by atoms with Crippen molar-refractivity contribution in [2.24, 2.45) is 0 Å². The first-order valence-electron chi connectivity index (χ1n) is 4.95. The van der Waals surface area contributed by atoms with Crippen molar-refractivity contribution < 1.29 is 8.42 Å². The third-order valence-corrected chi connectivity index (χ3v) is 4.19. The van der Waals surface area contributed by atoms with Gasteiger partial charge in [0, 0.05) is 27.7 Å². The van der Waals surface area contributed by atoms with Gasteiger partial charge in [0.15, 0.2) is 0 Å². The first-order chi connectivity index (χ1) is 7.93. The zero-order valence-corrected chi connectivity index (χ0v) is 11.3. The largest absolute Gasteiger partial charge is 0.261 e. The molecule has 0 radical (unpaired) electrons. The molecule has 6 heteroatoms. The van der Waals surface area contributed by atoms with Gasteiger partial charge in [-0.15, -0.1) is 0 Å². The van der Waals surface area contributed by atoms with E-state index in [4.69, 9.17) is 22.3 Å². The van der Waals surface area contributed by atoms with E-state index in [-0.39, 0.29) is 10.0 Å². The molecule has 0 aliphatic carbocycles. The molecular formula is C11H9Cl2NO2S. The van der Waals surface area contributed by atoms with Crippen molar-refractivity contribution in [3.05, 3.63) is 35.1 Å². The minimum absolute atomic E-state index is 0.0813. The van der Waals surface area contributed by atoms with Crippen LogP contribution in [0.25, 0.3) is 10.8 Å². The molecule has 1 heterocycles. The molecule has 0 unspecified atom stereocenters. The zero-order chi connectivity index (χ0) is 12.6. The summed E-state index contributed by atoms with van der Waals surface area (Å²) in [5.41, 5.74) is 0.853. The molecule has 90 valence electrons. The molecule has 0 N–H and O–H groups in total. The van der Waals surface area contributed by atoms with E-state index >= 15 is 0 Å². The monoisotopic (exact) mass is 289 g/mol. The minimum atomic E-state index is -3.79. The van der Waals surface area contributed by atoms with Crippen LogP contribution in [0.1, 0.15) is 12.5 Å². The van der Waals surface area contributed by atoms with Gasteiger partial charge in [0.25, 0.3) is 9.05 Å². The minimum Gasteiger partial charge on any atom is -0.244 e. The van der Waals surface area contributed by atoms with E-state index in [0.717, 1.165) is 5.56 Å². The Bertz CT molecular complexity index is 683. The van der Waals surface area contributed by atoms with Crippen molar-refractivity contribution in [3.8, 4) is 0 Å². The van der Waals surface area contributed by atoms with Gasteiger partial charge in [0.2, 0.25) is 0 Å². The summed E-state index contributed by atoms with van der Waals surface area (Å²) in [6.45, 7) is 1.93. The smallest absolute Gasteiger partial charge is 0.244 e. The van der Waals surface area contributed by atoms with Crippen LogP contribution >= 0.6 is 22.3 Å². The molecule has 2 aromatic rings. The van der Waals surface area contributed by atoms with E-state index in [1.54, 1.807) is 12.1 Å². The maximum Gasteiger partial charge on any atom is 0.261 e. The molecule has 0 bridgehead atoms. The number of hydrogen-bond donors (Lipinski definition) is 0. The molecule has 0 aliphatic heterocycles. The maximum atomic E-state index is 11.5. The molecule has 17 heavy (non-hydrogen) atoms. The molecule has 2 rings (SSSR count). The first-order valence-corrected chi connectivity index (χ1v) is 7.64. The van der Waals surface area contributed by atoms with E-state index < -0.39 is 9.05 Å². The second kappa shape index (κ2) is 4.44. The number of rotatable bonds is 2. The number of fused-ring (bicyclic) bond motifs is 1. The standard InChI is InChI=1S/C11H9Cl2NO2S/c1-2-7-5-9-8(3-4-14-11(9)12)10(6-7)17(13,15)16/h3-6H,2H2,1H3. The van der Waals surface area contributed by atoms with Crippen LogP contribution in [0.5, 0.6) is 0 Å². The van der Waals surface area contributed by atoms with Gasteiger partial charge in [-0.25, -0.2) is 13.4 Å². The highest BCUT2D eigenvalue weighted by Gasteiger charge is 2.16. The van der Waals surface area contributed by atoms with Crippen LogP contribution in [0.3, 0.4) is 0 Å². The molecule has 3 nitrogen and oxygen atoms in total. The predicted octanol–water partition coefficient (Wildman–Crippen LogP) is 3.38. The topological polar surface area (TPSA) is 47.0 Å². The highest BCUT2D eigenvalue weighted by molar-refractivity contribution is 8.14. The molecule has 0 fully saturated rings. The predicted molar refractivity (Wildman–Crippen MR) is 69.2 cm³/mol. The van der Waals surface area contributed by atoms with Gasteiger partial charge in [-0.05, 0) is 30.2 Å². The summed E-state index contributed by atoms with van der Waals surface area (Å²) in [6.07, 6.45) is 2.16. The summed E-state index contributed by atoms with van der Waals surface area (Å²) in [5, 5.41) is 1.38. The van der Waals surface area contributed by atoms with Gasteiger partial charge < -0.3 is 0 Å². The lowest BCUT2D eigenvalue weighted by Crippen LogP contribution is -1.96. The summed E-state index contributed by atoms with van der Waals surface area (Å²) < 4.78 is 23.1. The van der Waals surface area contributed by atoms with Crippen LogP contribution in [0.15, 0.2) is 29.3 Å². The highest BCUT2D eigenvalue weighted by Crippen LogP contribution is 2.30. The van der Waals surface area contributed by atoms with Crippen molar-refractivity contribution in [2.45, 2.75) is 18.2 Å². The fourth-order valence-corrected chi connectivity index (χ4v) is 3.01. The third kappa shape index (κ3) is 2.39. The van der Waals surface area contributed by atoms with Gasteiger partial charge in [-0.3, -0.25) is 0 Å². The van der Waals surface area contributed by atoms with Crippen molar-refractivity contribution in [2.75, 3.05) is 0 Å². The molecule has 1 aromatic heterocycles. The Balaban J connectivity index is 2.96.